The lowest BCUT2D eigenvalue weighted by molar-refractivity contribution is -0.124. The molecule has 0 saturated carbocycles. The summed E-state index contributed by atoms with van der Waals surface area (Å²) < 4.78 is 27.4. The number of nitrogens with one attached hydrogen (secondary N) is 1. The van der Waals surface area contributed by atoms with Gasteiger partial charge in [0.15, 0.2) is 0 Å². The number of carbonyl (C=O) groups excluding carboxylic acids is 1. The Bertz CT molecular complexity index is 1110. The first-order valence-corrected chi connectivity index (χ1v) is 14.5. The Morgan fingerprint density at radius 2 is 1.67 bits per heavy atom. The van der Waals surface area contributed by atoms with Gasteiger partial charge in [-0.2, -0.15) is 4.31 Å². The predicted molar refractivity (Wildman–Crippen MR) is 143 cm³/mol. The standard InChI is InChI=1S/C27H39N3O5S/c1-4-5-6-7-8-9-10-11-24-28-26(33)27(29-24)13-15-30(16-14-27)36(34,35)17-12-23-20(2)18-22(25(31)32)19-21(23)3/h12,17-19H,4-11,13-16H2,1-3H3,(H,31,32)(H,28,29,33)/b17-12+. The van der Waals surface area contributed by atoms with Crippen molar-refractivity contribution < 1.29 is 23.1 Å². The molecule has 3 rings (SSSR count). The molecule has 2 heterocycles. The van der Waals surface area contributed by atoms with E-state index in [4.69, 9.17) is 4.99 Å². The van der Waals surface area contributed by atoms with Crippen LogP contribution in [0.3, 0.4) is 0 Å². The first-order valence-electron chi connectivity index (χ1n) is 13.0. The molecule has 8 nitrogen and oxygen atoms in total. The number of nitrogens with zero attached hydrogens (tertiary/aromatic N) is 2. The van der Waals surface area contributed by atoms with Crippen molar-refractivity contribution >= 4 is 33.8 Å². The first kappa shape index (κ1) is 28.1. The lowest BCUT2D eigenvalue weighted by Crippen LogP contribution is -2.50. The van der Waals surface area contributed by atoms with E-state index in [9.17, 15) is 23.1 Å². The number of carboxylic acids is 1. The number of hydrogen-bond donors (Lipinski definition) is 2. The molecule has 1 spiro atoms. The van der Waals surface area contributed by atoms with Crippen LogP contribution in [0.1, 0.15) is 98.2 Å². The van der Waals surface area contributed by atoms with Crippen molar-refractivity contribution in [3.8, 4) is 0 Å². The fraction of sp³-hybridized carbons (Fsp3) is 0.593. The minimum absolute atomic E-state index is 0.113. The van der Waals surface area contributed by atoms with E-state index in [1.54, 1.807) is 13.8 Å². The third-order valence-electron chi connectivity index (χ3n) is 7.20. The molecule has 0 aromatic heterocycles. The highest BCUT2D eigenvalue weighted by Crippen LogP contribution is 2.32. The van der Waals surface area contributed by atoms with Crippen LogP contribution in [0.2, 0.25) is 0 Å². The third-order valence-corrected chi connectivity index (χ3v) is 8.77. The summed E-state index contributed by atoms with van der Waals surface area (Å²) in [6.07, 6.45) is 11.4. The van der Waals surface area contributed by atoms with Crippen molar-refractivity contribution in [1.29, 1.82) is 0 Å². The van der Waals surface area contributed by atoms with Crippen LogP contribution in [-0.2, 0) is 14.8 Å². The highest BCUT2D eigenvalue weighted by atomic mass is 32.2. The molecule has 1 aromatic carbocycles. The van der Waals surface area contributed by atoms with Gasteiger partial charge in [0.25, 0.3) is 5.91 Å². The smallest absolute Gasteiger partial charge is 0.335 e. The number of amidine groups is 1. The van der Waals surface area contributed by atoms with Crippen molar-refractivity contribution in [2.24, 2.45) is 4.99 Å². The van der Waals surface area contributed by atoms with E-state index in [1.807, 2.05) is 0 Å². The van der Waals surface area contributed by atoms with Gasteiger partial charge in [0, 0.05) is 24.9 Å². The van der Waals surface area contributed by atoms with Gasteiger partial charge in [0.2, 0.25) is 10.0 Å². The molecule has 0 atom stereocenters. The second-order valence-electron chi connectivity index (χ2n) is 9.99. The number of benzene rings is 1. The highest BCUT2D eigenvalue weighted by molar-refractivity contribution is 7.92. The molecule has 2 N–H and O–H groups in total. The number of amides is 1. The SMILES string of the molecule is CCCCCCCCCC1=NC2(CCN(S(=O)(=O)/C=C/c3c(C)cc(C(=O)O)cc3C)CC2)C(=O)N1. The maximum absolute atomic E-state index is 13.0. The Morgan fingerprint density at radius 3 is 2.25 bits per heavy atom. The van der Waals surface area contributed by atoms with Crippen LogP contribution in [-0.4, -0.2) is 54.2 Å². The fourth-order valence-corrected chi connectivity index (χ4v) is 6.17. The average molecular weight is 518 g/mol. The molecule has 2 aliphatic heterocycles. The van der Waals surface area contributed by atoms with Crippen molar-refractivity contribution in [3.05, 3.63) is 39.8 Å². The molecule has 1 aromatic rings. The van der Waals surface area contributed by atoms with E-state index in [0.29, 0.717) is 29.5 Å². The summed E-state index contributed by atoms with van der Waals surface area (Å²) in [5.41, 5.74) is 1.40. The van der Waals surface area contributed by atoms with Gasteiger partial charge in [-0.15, -0.1) is 0 Å². The van der Waals surface area contributed by atoms with Crippen LogP contribution < -0.4 is 5.32 Å². The van der Waals surface area contributed by atoms with Crippen LogP contribution in [0.5, 0.6) is 0 Å². The highest BCUT2D eigenvalue weighted by Gasteiger charge is 2.46. The predicted octanol–water partition coefficient (Wildman–Crippen LogP) is 4.81. The molecule has 0 bridgehead atoms. The number of rotatable bonds is 12. The van der Waals surface area contributed by atoms with Crippen molar-refractivity contribution in [1.82, 2.24) is 9.62 Å². The number of aromatic carboxylic acids is 1. The summed E-state index contributed by atoms with van der Waals surface area (Å²) in [4.78, 5) is 28.7. The molecule has 1 saturated heterocycles. The average Bonchev–Trinajstić information content (AvgIpc) is 3.12. The molecule has 0 aliphatic carbocycles. The van der Waals surface area contributed by atoms with Crippen molar-refractivity contribution in [2.75, 3.05) is 13.1 Å². The molecule has 198 valence electrons. The summed E-state index contributed by atoms with van der Waals surface area (Å²) in [6.45, 7) is 6.18. The summed E-state index contributed by atoms with van der Waals surface area (Å²) in [7, 11) is -3.69. The Kier molecular flexibility index (Phi) is 9.47. The van der Waals surface area contributed by atoms with Crippen LogP contribution >= 0.6 is 0 Å². The summed E-state index contributed by atoms with van der Waals surface area (Å²) in [5.74, 6) is -0.394. The van der Waals surface area contributed by atoms with E-state index in [1.165, 1.54) is 60.0 Å². The molecule has 0 radical (unpaired) electrons. The van der Waals surface area contributed by atoms with Gasteiger partial charge in [-0.3, -0.25) is 9.79 Å². The molecular weight excluding hydrogens is 478 g/mol. The van der Waals surface area contributed by atoms with Crippen molar-refractivity contribution in [3.63, 3.8) is 0 Å². The number of aliphatic imine (C=N–C) groups is 1. The number of carboxylic acid groups (broad SMARTS) is 1. The molecule has 36 heavy (non-hydrogen) atoms. The first-order chi connectivity index (χ1) is 17.1. The Hall–Kier alpha value is -2.52. The van der Waals surface area contributed by atoms with Gasteiger partial charge in [-0.1, -0.05) is 45.4 Å². The zero-order valence-electron chi connectivity index (χ0n) is 21.7. The van der Waals surface area contributed by atoms with E-state index in [-0.39, 0.29) is 24.6 Å². The minimum atomic E-state index is -3.69. The van der Waals surface area contributed by atoms with Gasteiger partial charge < -0.3 is 10.4 Å². The normalized spacial score (nSPS) is 18.1. The van der Waals surface area contributed by atoms with Crippen LogP contribution in [0.4, 0.5) is 0 Å². The van der Waals surface area contributed by atoms with Gasteiger partial charge in [0.1, 0.15) is 11.4 Å². The number of hydrogen-bond acceptors (Lipinski definition) is 5. The van der Waals surface area contributed by atoms with Gasteiger partial charge in [-0.25, -0.2) is 13.2 Å². The van der Waals surface area contributed by atoms with Gasteiger partial charge in [-0.05, 0) is 68.0 Å². The molecule has 1 fully saturated rings. The Morgan fingerprint density at radius 1 is 1.08 bits per heavy atom. The lowest BCUT2D eigenvalue weighted by Gasteiger charge is -2.34. The molecule has 9 heteroatoms. The number of unbranched alkanes of at least 4 members (excludes halogenated alkanes) is 6. The fourth-order valence-electron chi connectivity index (χ4n) is 5.00. The maximum Gasteiger partial charge on any atom is 0.335 e. The third kappa shape index (κ3) is 6.82. The van der Waals surface area contributed by atoms with Crippen molar-refractivity contribution in [2.45, 2.75) is 90.5 Å². The maximum atomic E-state index is 13.0. The monoisotopic (exact) mass is 517 g/mol. The van der Waals surface area contributed by atoms with Crippen LogP contribution in [0, 0.1) is 13.8 Å². The largest absolute Gasteiger partial charge is 0.478 e. The topological polar surface area (TPSA) is 116 Å². The number of aryl methyl sites for hydroxylation is 2. The van der Waals surface area contributed by atoms with Crippen LogP contribution in [0.25, 0.3) is 6.08 Å². The summed E-state index contributed by atoms with van der Waals surface area (Å²) in [5, 5.41) is 13.3. The number of carbonyl (C=O) groups is 2. The zero-order chi connectivity index (χ0) is 26.3. The van der Waals surface area contributed by atoms with E-state index < -0.39 is 21.5 Å². The Balaban J connectivity index is 1.57. The molecule has 1 amide bonds. The zero-order valence-corrected chi connectivity index (χ0v) is 22.5. The van der Waals surface area contributed by atoms with Crippen LogP contribution in [0.15, 0.2) is 22.5 Å². The second kappa shape index (κ2) is 12.1. The summed E-state index contributed by atoms with van der Waals surface area (Å²) in [6, 6.07) is 3.07. The van der Waals surface area contributed by atoms with E-state index in [2.05, 4.69) is 12.2 Å². The molecule has 2 aliphatic rings. The van der Waals surface area contributed by atoms with E-state index >= 15 is 0 Å². The van der Waals surface area contributed by atoms with Gasteiger partial charge >= 0.3 is 5.97 Å². The number of piperidine rings is 1. The number of sulfonamides is 1. The second-order valence-corrected chi connectivity index (χ2v) is 11.8. The Labute approximate surface area is 214 Å². The molecular formula is C27H39N3O5S. The quantitative estimate of drug-likeness (QED) is 0.386. The van der Waals surface area contributed by atoms with Gasteiger partial charge in [0.05, 0.1) is 5.56 Å². The minimum Gasteiger partial charge on any atom is -0.478 e. The lowest BCUT2D eigenvalue weighted by atomic mass is 9.89. The summed E-state index contributed by atoms with van der Waals surface area (Å²) >= 11 is 0. The van der Waals surface area contributed by atoms with E-state index in [0.717, 1.165) is 25.1 Å². The molecule has 0 unspecified atom stereocenters.